The van der Waals surface area contributed by atoms with Crippen LogP contribution in [0.1, 0.15) is 76.3 Å². The van der Waals surface area contributed by atoms with E-state index in [4.69, 9.17) is 4.74 Å². The molecule has 0 atom stereocenters. The Kier molecular flexibility index (Phi) is 5.95. The van der Waals surface area contributed by atoms with Gasteiger partial charge in [0.2, 0.25) is 0 Å². The molecule has 3 aromatic rings. The lowest BCUT2D eigenvalue weighted by atomic mass is 9.58. The number of rotatable bonds is 5. The average Bonchev–Trinajstić information content (AvgIpc) is 3.19. The van der Waals surface area contributed by atoms with Crippen molar-refractivity contribution in [2.24, 2.45) is 5.41 Å². The first-order chi connectivity index (χ1) is 17.5. The van der Waals surface area contributed by atoms with Crippen LogP contribution in [0, 0.1) is 5.41 Å². The third-order valence-corrected chi connectivity index (χ3v) is 10.6. The molecule has 1 saturated carbocycles. The Bertz CT molecular complexity index is 1380. The van der Waals surface area contributed by atoms with E-state index >= 15 is 0 Å². The van der Waals surface area contributed by atoms with Crippen molar-refractivity contribution in [3.63, 3.8) is 0 Å². The second-order valence-electron chi connectivity index (χ2n) is 10.9. The third-order valence-electron chi connectivity index (χ3n) is 9.48. The number of hydrogen-bond acceptors (Lipinski definition) is 3. The van der Waals surface area contributed by atoms with Crippen molar-refractivity contribution in [1.82, 2.24) is 0 Å². The largest absolute Gasteiger partial charge is 0.507 e. The highest BCUT2D eigenvalue weighted by Crippen LogP contribution is 2.62. The van der Waals surface area contributed by atoms with Gasteiger partial charge in [0.15, 0.2) is 0 Å². The Balaban J connectivity index is 1.56. The van der Waals surface area contributed by atoms with Crippen LogP contribution >= 0.6 is 11.8 Å². The fourth-order valence-electron chi connectivity index (χ4n) is 7.08. The minimum atomic E-state index is -0.00664. The van der Waals surface area contributed by atoms with Crippen LogP contribution < -0.4 is 4.74 Å². The second kappa shape index (κ2) is 9.03. The second-order valence-corrected chi connectivity index (χ2v) is 12.0. The van der Waals surface area contributed by atoms with E-state index in [2.05, 4.69) is 68.5 Å². The van der Waals surface area contributed by atoms with Crippen LogP contribution in [0.4, 0.5) is 0 Å². The summed E-state index contributed by atoms with van der Waals surface area (Å²) in [5.74, 6) is 1.18. The number of phenolic OH excluding ortho intramolecular Hbond substituents is 1. The Labute approximate surface area is 219 Å². The molecular weight excluding hydrogens is 460 g/mol. The van der Waals surface area contributed by atoms with E-state index in [0.29, 0.717) is 11.2 Å². The molecule has 36 heavy (non-hydrogen) atoms. The first-order valence-corrected chi connectivity index (χ1v) is 14.4. The molecule has 1 N–H and O–H groups in total. The highest BCUT2D eigenvalue weighted by Gasteiger charge is 2.49. The van der Waals surface area contributed by atoms with Gasteiger partial charge in [-0.05, 0) is 89.8 Å². The summed E-state index contributed by atoms with van der Waals surface area (Å²) in [6.07, 6.45) is 16.3. The van der Waals surface area contributed by atoms with Crippen molar-refractivity contribution in [3.05, 3.63) is 76.7 Å². The number of thioether (sulfide) groups is 1. The van der Waals surface area contributed by atoms with Crippen LogP contribution in [-0.4, -0.2) is 12.2 Å². The number of ether oxygens (including phenoxy) is 1. The molecule has 0 radical (unpaired) electrons. The molecule has 0 amide bonds. The van der Waals surface area contributed by atoms with E-state index in [1.807, 2.05) is 6.07 Å². The summed E-state index contributed by atoms with van der Waals surface area (Å²) in [6.45, 7) is 4.72. The predicted molar refractivity (Wildman–Crippen MR) is 152 cm³/mol. The quantitative estimate of drug-likeness (QED) is 0.381. The molecule has 0 unspecified atom stereocenters. The number of benzene rings is 3. The average molecular weight is 497 g/mol. The molecule has 3 aromatic carbocycles. The number of hydrogen-bond donors (Lipinski definition) is 1. The maximum absolute atomic E-state index is 11.4. The summed E-state index contributed by atoms with van der Waals surface area (Å²) < 4.78 is 5.81. The van der Waals surface area contributed by atoms with E-state index in [-0.39, 0.29) is 5.41 Å². The topological polar surface area (TPSA) is 29.5 Å². The lowest BCUT2D eigenvalue weighted by molar-refractivity contribution is 0.133. The van der Waals surface area contributed by atoms with Crippen LogP contribution in [0.5, 0.6) is 11.5 Å². The zero-order chi connectivity index (χ0) is 24.9. The summed E-state index contributed by atoms with van der Waals surface area (Å²) in [6, 6.07) is 15.4. The summed E-state index contributed by atoms with van der Waals surface area (Å²) in [4.78, 5) is 2.36. The Morgan fingerprint density at radius 2 is 1.69 bits per heavy atom. The van der Waals surface area contributed by atoms with Crippen molar-refractivity contribution >= 4 is 22.5 Å². The van der Waals surface area contributed by atoms with Gasteiger partial charge in [-0.2, -0.15) is 0 Å². The van der Waals surface area contributed by atoms with Crippen molar-refractivity contribution < 1.29 is 9.84 Å². The van der Waals surface area contributed by atoms with E-state index in [9.17, 15) is 5.11 Å². The molecular formula is C33H36O2S. The Morgan fingerprint density at radius 3 is 2.39 bits per heavy atom. The van der Waals surface area contributed by atoms with Crippen LogP contribution in [0.2, 0.25) is 0 Å². The molecule has 3 aliphatic carbocycles. The first-order valence-electron chi connectivity index (χ1n) is 13.6. The molecule has 2 nitrogen and oxygen atoms in total. The molecule has 1 fully saturated rings. The number of fused-ring (bicyclic) bond motifs is 7. The number of methoxy groups -OCH3 is 1. The van der Waals surface area contributed by atoms with Crippen LogP contribution in [0.15, 0.2) is 70.5 Å². The summed E-state index contributed by atoms with van der Waals surface area (Å²) in [7, 11) is 1.72. The SMILES string of the molecule is CCC1(CC)CCC2(CC1)c1ccccc1-c1c2cc(O)c2cc(OC)c(SC3=CCCC=C3)cc12. The van der Waals surface area contributed by atoms with Gasteiger partial charge in [-0.3, -0.25) is 0 Å². The van der Waals surface area contributed by atoms with Gasteiger partial charge in [0.05, 0.1) is 12.0 Å². The van der Waals surface area contributed by atoms with Crippen molar-refractivity contribution in [2.75, 3.05) is 7.11 Å². The molecule has 0 aromatic heterocycles. The minimum Gasteiger partial charge on any atom is -0.507 e. The maximum Gasteiger partial charge on any atom is 0.133 e. The lowest BCUT2D eigenvalue weighted by Crippen LogP contribution is -2.36. The predicted octanol–water partition coefficient (Wildman–Crippen LogP) is 9.53. The first kappa shape index (κ1) is 23.7. The van der Waals surface area contributed by atoms with Crippen molar-refractivity contribution in [2.45, 2.75) is 75.5 Å². The molecule has 3 heteroatoms. The van der Waals surface area contributed by atoms with Crippen LogP contribution in [-0.2, 0) is 5.41 Å². The summed E-state index contributed by atoms with van der Waals surface area (Å²) in [5.41, 5.74) is 5.89. The maximum atomic E-state index is 11.4. The highest BCUT2D eigenvalue weighted by atomic mass is 32.2. The highest BCUT2D eigenvalue weighted by molar-refractivity contribution is 8.03. The molecule has 1 spiro atoms. The van der Waals surface area contributed by atoms with Gasteiger partial charge in [-0.25, -0.2) is 0 Å². The third kappa shape index (κ3) is 3.54. The van der Waals surface area contributed by atoms with Crippen LogP contribution in [0.25, 0.3) is 21.9 Å². The normalized spacial score (nSPS) is 19.2. The number of aromatic hydroxyl groups is 1. The van der Waals surface area contributed by atoms with Gasteiger partial charge in [0, 0.05) is 15.7 Å². The van der Waals surface area contributed by atoms with E-state index in [1.54, 1.807) is 18.9 Å². The monoisotopic (exact) mass is 496 g/mol. The lowest BCUT2D eigenvalue weighted by Gasteiger charge is -2.45. The summed E-state index contributed by atoms with van der Waals surface area (Å²) >= 11 is 1.76. The fraction of sp³-hybridized carbons (Fsp3) is 0.394. The van der Waals surface area contributed by atoms with Gasteiger partial charge in [0.25, 0.3) is 0 Å². The summed E-state index contributed by atoms with van der Waals surface area (Å²) in [5, 5.41) is 13.4. The van der Waals surface area contributed by atoms with Gasteiger partial charge in [0.1, 0.15) is 11.5 Å². The van der Waals surface area contributed by atoms with Gasteiger partial charge in [-0.15, -0.1) is 0 Å². The molecule has 3 aliphatic rings. The van der Waals surface area contributed by atoms with Crippen molar-refractivity contribution in [3.8, 4) is 22.6 Å². The zero-order valence-electron chi connectivity index (χ0n) is 21.7. The molecule has 6 rings (SSSR count). The number of phenols is 1. The Morgan fingerprint density at radius 1 is 0.917 bits per heavy atom. The molecule has 0 heterocycles. The van der Waals surface area contributed by atoms with Gasteiger partial charge < -0.3 is 9.84 Å². The van der Waals surface area contributed by atoms with Crippen LogP contribution in [0.3, 0.4) is 0 Å². The minimum absolute atomic E-state index is 0.00664. The molecule has 186 valence electrons. The smallest absolute Gasteiger partial charge is 0.133 e. The number of allylic oxidation sites excluding steroid dienone is 3. The fourth-order valence-corrected chi connectivity index (χ4v) is 8.11. The standard InChI is InChI=1S/C33H36O2S/c1-4-32(5-2)15-17-33(18-16-32)26-14-10-9-13-23(26)31-25-20-30(36-22-11-7-6-8-12-22)29(35-3)19-24(25)28(34)21-27(31)33/h7,9-14,19-21,34H,4-6,8,15-18H2,1-3H3. The molecule has 0 saturated heterocycles. The zero-order valence-corrected chi connectivity index (χ0v) is 22.5. The van der Waals surface area contributed by atoms with E-state index in [1.165, 1.54) is 52.8 Å². The molecule has 0 aliphatic heterocycles. The van der Waals surface area contributed by atoms with Crippen molar-refractivity contribution in [1.29, 1.82) is 0 Å². The van der Waals surface area contributed by atoms with Gasteiger partial charge >= 0.3 is 0 Å². The van der Waals surface area contributed by atoms with E-state index < -0.39 is 0 Å². The van der Waals surface area contributed by atoms with E-state index in [0.717, 1.165) is 47.1 Å². The Hall–Kier alpha value is -2.65. The molecule has 0 bridgehead atoms. The van der Waals surface area contributed by atoms with Gasteiger partial charge in [-0.1, -0.05) is 80.9 Å².